The molecule has 0 bridgehead atoms. The summed E-state index contributed by atoms with van der Waals surface area (Å²) in [6.07, 6.45) is 3.61. The average molecular weight is 412 g/mol. The van der Waals surface area contributed by atoms with E-state index in [2.05, 4.69) is 19.8 Å². The van der Waals surface area contributed by atoms with Gasteiger partial charge in [0.15, 0.2) is 5.82 Å². The predicted octanol–water partition coefficient (Wildman–Crippen LogP) is 4.07. The summed E-state index contributed by atoms with van der Waals surface area (Å²) < 4.78 is 41.0. The molecule has 2 aromatic carbocycles. The van der Waals surface area contributed by atoms with E-state index in [4.69, 9.17) is 0 Å². The molecular weight excluding hydrogens is 391 g/mol. The summed E-state index contributed by atoms with van der Waals surface area (Å²) >= 11 is 0. The highest BCUT2D eigenvalue weighted by Gasteiger charge is 2.18. The van der Waals surface area contributed by atoms with Crippen LogP contribution in [0.25, 0.3) is 11.3 Å². The van der Waals surface area contributed by atoms with Crippen molar-refractivity contribution in [1.29, 1.82) is 0 Å². The third-order valence-corrected chi connectivity index (χ3v) is 6.30. The molecular formula is C21H21FN4O2S. The lowest BCUT2D eigenvalue weighted by atomic mass is 10.1. The number of halogens is 1. The highest BCUT2D eigenvalue weighted by Crippen LogP contribution is 2.24. The number of piperidine rings is 1. The van der Waals surface area contributed by atoms with Crippen LogP contribution in [0.15, 0.2) is 65.6 Å². The monoisotopic (exact) mass is 412 g/mol. The van der Waals surface area contributed by atoms with Crippen LogP contribution in [-0.2, 0) is 10.0 Å². The first kappa shape index (κ1) is 19.3. The van der Waals surface area contributed by atoms with Crippen molar-refractivity contribution in [3.05, 3.63) is 66.5 Å². The molecule has 0 atom stereocenters. The number of hydrogen-bond acceptors (Lipinski definition) is 5. The minimum atomic E-state index is -4.00. The standard InChI is InChI=1S/C21H21FN4O2S/c22-18-6-2-3-7-20(18)29(27,28)25-17-10-8-16(9-11-17)19-12-13-21(24-23-19)26-14-4-1-5-15-26/h2-3,6-13,25H,1,4-5,14-15H2. The number of rotatable bonds is 5. The molecule has 0 spiro atoms. The zero-order valence-electron chi connectivity index (χ0n) is 15.8. The fraction of sp³-hybridized carbons (Fsp3) is 0.238. The summed E-state index contributed by atoms with van der Waals surface area (Å²) in [6, 6.07) is 15.9. The van der Waals surface area contributed by atoms with Crippen LogP contribution in [0.5, 0.6) is 0 Å². The summed E-state index contributed by atoms with van der Waals surface area (Å²) in [5.41, 5.74) is 1.86. The first-order chi connectivity index (χ1) is 14.0. The van der Waals surface area contributed by atoms with Gasteiger partial charge in [0.25, 0.3) is 10.0 Å². The second kappa shape index (κ2) is 8.16. The Bertz CT molecular complexity index is 1080. The maximum Gasteiger partial charge on any atom is 0.264 e. The van der Waals surface area contributed by atoms with Gasteiger partial charge in [-0.15, -0.1) is 10.2 Å². The van der Waals surface area contributed by atoms with Gasteiger partial charge in [0, 0.05) is 24.3 Å². The summed E-state index contributed by atoms with van der Waals surface area (Å²) in [4.78, 5) is 1.85. The van der Waals surface area contributed by atoms with E-state index in [0.717, 1.165) is 30.5 Å². The highest BCUT2D eigenvalue weighted by atomic mass is 32.2. The van der Waals surface area contributed by atoms with Gasteiger partial charge in [-0.1, -0.05) is 24.3 Å². The molecule has 4 rings (SSSR count). The molecule has 29 heavy (non-hydrogen) atoms. The van der Waals surface area contributed by atoms with Crippen molar-refractivity contribution in [3.63, 3.8) is 0 Å². The van der Waals surface area contributed by atoms with Crippen LogP contribution < -0.4 is 9.62 Å². The fourth-order valence-electron chi connectivity index (χ4n) is 3.35. The molecule has 1 aliphatic rings. The molecule has 0 radical (unpaired) electrons. The van der Waals surface area contributed by atoms with Crippen molar-refractivity contribution in [2.24, 2.45) is 0 Å². The number of nitrogens with one attached hydrogen (secondary N) is 1. The first-order valence-corrected chi connectivity index (χ1v) is 11.0. The molecule has 0 aliphatic carbocycles. The lowest BCUT2D eigenvalue weighted by Gasteiger charge is -2.27. The van der Waals surface area contributed by atoms with E-state index in [9.17, 15) is 12.8 Å². The molecule has 8 heteroatoms. The zero-order valence-corrected chi connectivity index (χ0v) is 16.6. The summed E-state index contributed by atoms with van der Waals surface area (Å²) in [5.74, 6) is 0.0865. The van der Waals surface area contributed by atoms with Crippen LogP contribution in [-0.4, -0.2) is 31.7 Å². The van der Waals surface area contributed by atoms with Crippen molar-refractivity contribution in [1.82, 2.24) is 10.2 Å². The van der Waals surface area contributed by atoms with E-state index in [1.54, 1.807) is 24.3 Å². The van der Waals surface area contributed by atoms with Crippen molar-refractivity contribution in [2.75, 3.05) is 22.7 Å². The Kier molecular flexibility index (Phi) is 5.44. The molecule has 1 saturated heterocycles. The van der Waals surface area contributed by atoms with Gasteiger partial charge in [-0.3, -0.25) is 4.72 Å². The van der Waals surface area contributed by atoms with Gasteiger partial charge in [-0.25, -0.2) is 12.8 Å². The van der Waals surface area contributed by atoms with E-state index in [1.807, 2.05) is 12.1 Å². The van der Waals surface area contributed by atoms with E-state index >= 15 is 0 Å². The van der Waals surface area contributed by atoms with Crippen LogP contribution in [0.1, 0.15) is 19.3 Å². The minimum absolute atomic E-state index is 0.342. The van der Waals surface area contributed by atoms with Crippen molar-refractivity contribution >= 4 is 21.5 Å². The summed E-state index contributed by atoms with van der Waals surface area (Å²) in [7, 11) is -4.00. The SMILES string of the molecule is O=S(=O)(Nc1ccc(-c2ccc(N3CCCCC3)nn2)cc1)c1ccccc1F. The number of nitrogens with zero attached hydrogens (tertiary/aromatic N) is 3. The quantitative estimate of drug-likeness (QED) is 0.684. The van der Waals surface area contributed by atoms with Gasteiger partial charge in [0.1, 0.15) is 10.7 Å². The van der Waals surface area contributed by atoms with Crippen molar-refractivity contribution in [3.8, 4) is 11.3 Å². The molecule has 0 amide bonds. The normalized spacial score (nSPS) is 14.6. The molecule has 1 N–H and O–H groups in total. The van der Waals surface area contributed by atoms with Crippen LogP contribution in [0.3, 0.4) is 0 Å². The molecule has 6 nitrogen and oxygen atoms in total. The Labute approximate surface area is 169 Å². The van der Waals surface area contributed by atoms with Gasteiger partial charge in [-0.2, -0.15) is 0 Å². The van der Waals surface area contributed by atoms with Gasteiger partial charge < -0.3 is 4.90 Å². The predicted molar refractivity (Wildman–Crippen MR) is 111 cm³/mol. The molecule has 3 aromatic rings. The molecule has 1 aromatic heterocycles. The Balaban J connectivity index is 1.48. The number of sulfonamides is 1. The second-order valence-corrected chi connectivity index (χ2v) is 8.59. The van der Waals surface area contributed by atoms with Crippen LogP contribution in [0.4, 0.5) is 15.9 Å². The lowest BCUT2D eigenvalue weighted by Crippen LogP contribution is -2.30. The molecule has 0 saturated carbocycles. The Morgan fingerprint density at radius 3 is 2.24 bits per heavy atom. The number of hydrogen-bond donors (Lipinski definition) is 1. The second-order valence-electron chi connectivity index (χ2n) is 6.94. The molecule has 1 fully saturated rings. The summed E-state index contributed by atoms with van der Waals surface area (Å²) in [5, 5.41) is 8.64. The van der Waals surface area contributed by atoms with E-state index in [1.165, 1.54) is 37.5 Å². The molecule has 1 aliphatic heterocycles. The Hall–Kier alpha value is -3.00. The van der Waals surface area contributed by atoms with Crippen LogP contribution >= 0.6 is 0 Å². The third-order valence-electron chi connectivity index (χ3n) is 4.89. The Morgan fingerprint density at radius 2 is 1.59 bits per heavy atom. The minimum Gasteiger partial charge on any atom is -0.355 e. The highest BCUT2D eigenvalue weighted by molar-refractivity contribution is 7.92. The average Bonchev–Trinajstić information content (AvgIpc) is 2.75. The maximum absolute atomic E-state index is 13.8. The molecule has 0 unspecified atom stereocenters. The van der Waals surface area contributed by atoms with Gasteiger partial charge in [0.2, 0.25) is 0 Å². The number of benzene rings is 2. The number of anilines is 2. The fourth-order valence-corrected chi connectivity index (χ4v) is 4.49. The van der Waals surface area contributed by atoms with Crippen molar-refractivity contribution in [2.45, 2.75) is 24.2 Å². The van der Waals surface area contributed by atoms with Crippen LogP contribution in [0.2, 0.25) is 0 Å². The van der Waals surface area contributed by atoms with Crippen molar-refractivity contribution < 1.29 is 12.8 Å². The first-order valence-electron chi connectivity index (χ1n) is 9.49. The topological polar surface area (TPSA) is 75.2 Å². The van der Waals surface area contributed by atoms with Gasteiger partial charge in [-0.05, 0) is 55.7 Å². The lowest BCUT2D eigenvalue weighted by molar-refractivity contribution is 0.570. The van der Waals surface area contributed by atoms with E-state index in [0.29, 0.717) is 11.4 Å². The maximum atomic E-state index is 13.8. The van der Waals surface area contributed by atoms with E-state index < -0.39 is 15.8 Å². The van der Waals surface area contributed by atoms with Crippen LogP contribution in [0, 0.1) is 5.82 Å². The third kappa shape index (κ3) is 4.37. The number of aromatic nitrogens is 2. The molecule has 2 heterocycles. The summed E-state index contributed by atoms with van der Waals surface area (Å²) in [6.45, 7) is 2.01. The largest absolute Gasteiger partial charge is 0.355 e. The van der Waals surface area contributed by atoms with Gasteiger partial charge >= 0.3 is 0 Å². The van der Waals surface area contributed by atoms with Gasteiger partial charge in [0.05, 0.1) is 5.69 Å². The van der Waals surface area contributed by atoms with E-state index in [-0.39, 0.29) is 4.90 Å². The Morgan fingerprint density at radius 1 is 0.862 bits per heavy atom. The smallest absolute Gasteiger partial charge is 0.264 e. The zero-order chi connectivity index (χ0) is 20.3. The molecule has 150 valence electrons.